The summed E-state index contributed by atoms with van der Waals surface area (Å²) in [5.41, 5.74) is 2.61. The zero-order valence-corrected chi connectivity index (χ0v) is 17.6. The van der Waals surface area contributed by atoms with E-state index in [2.05, 4.69) is 10.6 Å². The first-order valence-electron chi connectivity index (χ1n) is 9.87. The number of hydrogen-bond donors (Lipinski definition) is 4. The van der Waals surface area contributed by atoms with Crippen LogP contribution in [0.25, 0.3) is 0 Å². The first-order chi connectivity index (χ1) is 14.7. The molecule has 6 nitrogen and oxygen atoms in total. The van der Waals surface area contributed by atoms with Gasteiger partial charge in [0, 0.05) is 17.8 Å². The van der Waals surface area contributed by atoms with Crippen molar-refractivity contribution in [3.8, 4) is 0 Å². The largest absolute Gasteiger partial charge is 0.481 e. The van der Waals surface area contributed by atoms with Crippen LogP contribution in [-0.4, -0.2) is 35.2 Å². The van der Waals surface area contributed by atoms with Gasteiger partial charge in [0.2, 0.25) is 0 Å². The molecule has 2 aromatic carbocycles. The van der Waals surface area contributed by atoms with E-state index in [0.717, 1.165) is 37.1 Å². The lowest BCUT2D eigenvalue weighted by Gasteiger charge is -2.21. The lowest BCUT2D eigenvalue weighted by molar-refractivity contribution is -0.143. The van der Waals surface area contributed by atoms with Crippen LogP contribution in [-0.2, 0) is 21.9 Å². The number of aliphatic carboxylic acids is 2. The number of halogens is 3. The molecule has 0 amide bonds. The van der Waals surface area contributed by atoms with Crippen molar-refractivity contribution in [1.29, 1.82) is 0 Å². The monoisotopic (exact) mass is 454 g/mol. The Kier molecular flexibility index (Phi) is 9.05. The SMILES string of the molecule is FC(F)(CNc1c(Cl)ccc2c1CCCCN2)c1ccccc1.O=C(O)CCC(=O)O. The van der Waals surface area contributed by atoms with Crippen molar-refractivity contribution in [1.82, 2.24) is 0 Å². The maximum atomic E-state index is 14.4. The van der Waals surface area contributed by atoms with E-state index in [0.29, 0.717) is 10.7 Å². The van der Waals surface area contributed by atoms with Crippen LogP contribution >= 0.6 is 11.6 Å². The zero-order chi connectivity index (χ0) is 22.9. The molecule has 1 aliphatic rings. The molecular weight excluding hydrogens is 430 g/mol. The van der Waals surface area contributed by atoms with Crippen molar-refractivity contribution in [3.05, 3.63) is 58.6 Å². The molecule has 0 aromatic heterocycles. The van der Waals surface area contributed by atoms with E-state index in [1.54, 1.807) is 24.3 Å². The first-order valence-corrected chi connectivity index (χ1v) is 10.2. The third-order valence-corrected chi connectivity index (χ3v) is 4.98. The van der Waals surface area contributed by atoms with E-state index in [1.165, 1.54) is 12.1 Å². The van der Waals surface area contributed by atoms with Gasteiger partial charge in [0.15, 0.2) is 0 Å². The van der Waals surface area contributed by atoms with Gasteiger partial charge < -0.3 is 20.8 Å². The maximum absolute atomic E-state index is 14.4. The molecule has 3 rings (SSSR count). The Hall–Kier alpha value is -2.87. The van der Waals surface area contributed by atoms with Crippen LogP contribution < -0.4 is 10.6 Å². The lowest BCUT2D eigenvalue weighted by atomic mass is 10.0. The first kappa shape index (κ1) is 24.4. The third-order valence-electron chi connectivity index (χ3n) is 4.67. The van der Waals surface area contributed by atoms with Crippen molar-refractivity contribution in [2.24, 2.45) is 0 Å². The van der Waals surface area contributed by atoms with Crippen molar-refractivity contribution >= 4 is 34.9 Å². The van der Waals surface area contributed by atoms with Gasteiger partial charge in [-0.25, -0.2) is 0 Å². The van der Waals surface area contributed by atoms with Crippen LogP contribution in [0.1, 0.15) is 36.8 Å². The van der Waals surface area contributed by atoms with E-state index in [1.807, 2.05) is 6.07 Å². The number of carboxylic acids is 2. The molecule has 2 aromatic rings. The number of nitrogens with one attached hydrogen (secondary N) is 2. The average molecular weight is 455 g/mol. The molecule has 0 aliphatic carbocycles. The fourth-order valence-electron chi connectivity index (χ4n) is 3.08. The van der Waals surface area contributed by atoms with Crippen LogP contribution in [0, 0.1) is 0 Å². The number of alkyl halides is 2. The van der Waals surface area contributed by atoms with E-state index < -0.39 is 24.4 Å². The highest BCUT2D eigenvalue weighted by atomic mass is 35.5. The van der Waals surface area contributed by atoms with Gasteiger partial charge in [-0.05, 0) is 37.0 Å². The highest BCUT2D eigenvalue weighted by molar-refractivity contribution is 6.33. The predicted molar refractivity (Wildman–Crippen MR) is 116 cm³/mol. The zero-order valence-electron chi connectivity index (χ0n) is 16.8. The van der Waals surface area contributed by atoms with Crippen LogP contribution in [0.5, 0.6) is 0 Å². The number of fused-ring (bicyclic) bond motifs is 1. The van der Waals surface area contributed by atoms with Crippen LogP contribution in [0.2, 0.25) is 5.02 Å². The second-order valence-electron chi connectivity index (χ2n) is 7.04. The topological polar surface area (TPSA) is 98.7 Å². The minimum atomic E-state index is -2.95. The molecule has 0 radical (unpaired) electrons. The highest BCUT2D eigenvalue weighted by Gasteiger charge is 2.31. The van der Waals surface area contributed by atoms with Gasteiger partial charge in [-0.3, -0.25) is 9.59 Å². The summed E-state index contributed by atoms with van der Waals surface area (Å²) in [4.78, 5) is 19.3. The quantitative estimate of drug-likeness (QED) is 0.457. The summed E-state index contributed by atoms with van der Waals surface area (Å²) < 4.78 is 28.7. The van der Waals surface area contributed by atoms with E-state index in [9.17, 15) is 18.4 Å². The Labute approximate surface area is 184 Å². The Morgan fingerprint density at radius 2 is 1.68 bits per heavy atom. The van der Waals surface area contributed by atoms with Gasteiger partial charge in [-0.2, -0.15) is 8.78 Å². The molecule has 31 heavy (non-hydrogen) atoms. The number of hydrogen-bond acceptors (Lipinski definition) is 4. The summed E-state index contributed by atoms with van der Waals surface area (Å²) in [6.45, 7) is 0.418. The molecule has 0 fully saturated rings. The molecule has 0 spiro atoms. The molecule has 9 heteroatoms. The maximum Gasteiger partial charge on any atom is 0.303 e. The number of carbonyl (C=O) groups is 2. The van der Waals surface area contributed by atoms with Crippen molar-refractivity contribution < 1.29 is 28.6 Å². The van der Waals surface area contributed by atoms with Gasteiger partial charge in [0.25, 0.3) is 5.92 Å². The van der Waals surface area contributed by atoms with Gasteiger partial charge in [-0.15, -0.1) is 0 Å². The smallest absolute Gasteiger partial charge is 0.303 e. The average Bonchev–Trinajstić information content (AvgIpc) is 2.98. The summed E-state index contributed by atoms with van der Waals surface area (Å²) in [7, 11) is 0. The number of rotatable bonds is 7. The van der Waals surface area contributed by atoms with Crippen LogP contribution in [0.4, 0.5) is 20.2 Å². The van der Waals surface area contributed by atoms with E-state index in [-0.39, 0.29) is 18.4 Å². The Morgan fingerprint density at radius 1 is 1.03 bits per heavy atom. The second kappa shape index (κ2) is 11.5. The number of benzene rings is 2. The molecule has 0 saturated heterocycles. The van der Waals surface area contributed by atoms with Crippen LogP contribution in [0.3, 0.4) is 0 Å². The van der Waals surface area contributed by atoms with E-state index >= 15 is 0 Å². The Balaban J connectivity index is 0.000000366. The van der Waals surface area contributed by atoms with Gasteiger partial charge in [-0.1, -0.05) is 41.9 Å². The molecule has 0 bridgehead atoms. The van der Waals surface area contributed by atoms with Crippen molar-refractivity contribution in [3.63, 3.8) is 0 Å². The Bertz CT molecular complexity index is 881. The molecule has 0 atom stereocenters. The molecule has 1 heterocycles. The molecule has 168 valence electrons. The standard InChI is InChI=1S/C18H19ClF2N2.C4H6O4/c19-15-9-10-16-14(8-4-5-11-22-16)17(15)23-12-18(20,21)13-6-2-1-3-7-13;5-3(6)1-2-4(7)8/h1-3,6-7,9-10,22-23H,4-5,8,11-12H2;1-2H2,(H,5,6)(H,7,8). The minimum absolute atomic E-state index is 0.00349. The summed E-state index contributed by atoms with van der Waals surface area (Å²) >= 11 is 6.25. The fourth-order valence-corrected chi connectivity index (χ4v) is 3.33. The van der Waals surface area contributed by atoms with Gasteiger partial charge >= 0.3 is 11.9 Å². The molecule has 1 aliphatic heterocycles. The predicted octanol–water partition coefficient (Wildman–Crippen LogP) is 5.23. The summed E-state index contributed by atoms with van der Waals surface area (Å²) in [5, 5.41) is 22.5. The Morgan fingerprint density at radius 3 is 2.29 bits per heavy atom. The normalized spacial score (nSPS) is 13.0. The number of anilines is 2. The molecule has 0 unspecified atom stereocenters. The summed E-state index contributed by atoms with van der Waals surface area (Å²) in [6, 6.07) is 11.5. The van der Waals surface area contributed by atoms with E-state index in [4.69, 9.17) is 21.8 Å². The fraction of sp³-hybridized carbons (Fsp3) is 0.364. The van der Waals surface area contributed by atoms with Gasteiger partial charge in [0.05, 0.1) is 30.1 Å². The number of carboxylic acid groups (broad SMARTS) is 2. The lowest BCUT2D eigenvalue weighted by Crippen LogP contribution is -2.25. The summed E-state index contributed by atoms with van der Waals surface area (Å²) in [6.07, 6.45) is 2.32. The van der Waals surface area contributed by atoms with Crippen molar-refractivity contribution in [2.45, 2.75) is 38.0 Å². The third kappa shape index (κ3) is 7.71. The van der Waals surface area contributed by atoms with Crippen LogP contribution in [0.15, 0.2) is 42.5 Å². The second-order valence-corrected chi connectivity index (χ2v) is 7.45. The summed E-state index contributed by atoms with van der Waals surface area (Å²) in [5.74, 6) is -5.11. The molecule has 0 saturated carbocycles. The van der Waals surface area contributed by atoms with Crippen molar-refractivity contribution in [2.75, 3.05) is 23.7 Å². The molecule has 4 N–H and O–H groups in total. The molecular formula is C22H25ClF2N2O4. The minimum Gasteiger partial charge on any atom is -0.481 e. The highest BCUT2D eigenvalue weighted by Crippen LogP contribution is 2.36. The van der Waals surface area contributed by atoms with Gasteiger partial charge in [0.1, 0.15) is 0 Å².